The third-order valence-corrected chi connectivity index (χ3v) is 6.55. The van der Waals surface area contributed by atoms with Crippen molar-refractivity contribution in [3.05, 3.63) is 88.4 Å². The highest BCUT2D eigenvalue weighted by Crippen LogP contribution is 2.36. The normalized spacial score (nSPS) is 14.9. The quantitative estimate of drug-likeness (QED) is 0.564. The Morgan fingerprint density at radius 3 is 2.38 bits per heavy atom. The van der Waals surface area contributed by atoms with Gasteiger partial charge in [0.15, 0.2) is 5.78 Å². The molecule has 29 heavy (non-hydrogen) atoms. The van der Waals surface area contributed by atoms with E-state index < -0.39 is 27.5 Å². The number of Topliss-reactive ketones (excluding diaryl/α,β-unsaturated/α-hetero) is 1. The number of nitrogens with zero attached hydrogens (tertiary/aromatic N) is 1. The average molecular weight is 472 g/mol. The highest BCUT2D eigenvalue weighted by Gasteiger charge is 2.39. The van der Waals surface area contributed by atoms with Gasteiger partial charge in [0.25, 0.3) is 5.91 Å². The van der Waals surface area contributed by atoms with Crippen molar-refractivity contribution in [1.82, 2.24) is 0 Å². The topological polar surface area (TPSA) is 80.8 Å². The largest absolute Gasteiger partial charge is 0.456 e. The van der Waals surface area contributed by atoms with Crippen LogP contribution in [0.5, 0.6) is 11.5 Å². The summed E-state index contributed by atoms with van der Waals surface area (Å²) in [5, 5.41) is 0. The molecule has 0 aliphatic carbocycles. The number of fused-ring (bicyclic) bond motifs is 1. The second-order valence-corrected chi connectivity index (χ2v) is 9.00. The fourth-order valence-electron chi connectivity index (χ4n) is 3.03. The molecular weight excluding hydrogens is 458 g/mol. The molecule has 0 unspecified atom stereocenters. The molecule has 0 bridgehead atoms. The molecule has 6 nitrogen and oxygen atoms in total. The Morgan fingerprint density at radius 1 is 0.966 bits per heavy atom. The van der Waals surface area contributed by atoms with Gasteiger partial charge in [-0.1, -0.05) is 30.3 Å². The summed E-state index contributed by atoms with van der Waals surface area (Å²) in [4.78, 5) is 25.4. The van der Waals surface area contributed by atoms with Crippen molar-refractivity contribution in [2.75, 3.05) is 10.1 Å². The van der Waals surface area contributed by atoms with Crippen LogP contribution in [-0.2, 0) is 10.0 Å². The average Bonchev–Trinajstić information content (AvgIpc) is 2.70. The Hall–Kier alpha value is -2.97. The van der Waals surface area contributed by atoms with E-state index in [1.54, 1.807) is 30.3 Å². The third kappa shape index (κ3) is 3.68. The summed E-state index contributed by atoms with van der Waals surface area (Å²) in [5.74, 6) is -1.18. The molecule has 0 fully saturated rings. The fourth-order valence-corrected chi connectivity index (χ4v) is 4.82. The molecule has 3 aromatic rings. The van der Waals surface area contributed by atoms with Gasteiger partial charge in [-0.15, -0.1) is 0 Å². The van der Waals surface area contributed by atoms with E-state index in [0.717, 1.165) is 4.47 Å². The summed E-state index contributed by atoms with van der Waals surface area (Å²) in [6.07, 6.45) is 0. The van der Waals surface area contributed by atoms with Crippen LogP contribution >= 0.6 is 15.9 Å². The SMILES string of the molecule is O=C1CS(=O)(=O)N(C(=O)c2ccccc2)c2ccc(Oc3ccccc3Br)cc21. The van der Waals surface area contributed by atoms with Crippen LogP contribution in [-0.4, -0.2) is 25.9 Å². The smallest absolute Gasteiger partial charge is 0.272 e. The first-order valence-electron chi connectivity index (χ1n) is 8.59. The van der Waals surface area contributed by atoms with Gasteiger partial charge >= 0.3 is 0 Å². The van der Waals surface area contributed by atoms with Crippen LogP contribution in [0.1, 0.15) is 20.7 Å². The van der Waals surface area contributed by atoms with Crippen molar-refractivity contribution < 1.29 is 22.7 Å². The number of carbonyl (C=O) groups excluding carboxylic acids is 2. The second kappa shape index (κ2) is 7.46. The van der Waals surface area contributed by atoms with E-state index in [9.17, 15) is 18.0 Å². The predicted molar refractivity (Wildman–Crippen MR) is 112 cm³/mol. The maximum atomic E-state index is 12.9. The first-order valence-corrected chi connectivity index (χ1v) is 11.0. The van der Waals surface area contributed by atoms with Crippen molar-refractivity contribution in [3.63, 3.8) is 0 Å². The number of hydrogen-bond acceptors (Lipinski definition) is 5. The maximum absolute atomic E-state index is 12.9. The van der Waals surface area contributed by atoms with E-state index in [1.807, 2.05) is 12.1 Å². The summed E-state index contributed by atoms with van der Waals surface area (Å²) in [6.45, 7) is 0. The number of hydrogen-bond donors (Lipinski definition) is 0. The highest BCUT2D eigenvalue weighted by atomic mass is 79.9. The number of ether oxygens (including phenoxy) is 1. The van der Waals surface area contributed by atoms with Gasteiger partial charge < -0.3 is 4.74 Å². The van der Waals surface area contributed by atoms with Crippen LogP contribution in [0, 0.1) is 0 Å². The van der Waals surface area contributed by atoms with Gasteiger partial charge in [-0.2, -0.15) is 0 Å². The number of sulfonamides is 1. The van der Waals surface area contributed by atoms with Crippen LogP contribution in [0.25, 0.3) is 0 Å². The lowest BCUT2D eigenvalue weighted by molar-refractivity contribution is 0.1000. The third-order valence-electron chi connectivity index (χ3n) is 4.35. The van der Waals surface area contributed by atoms with E-state index in [-0.39, 0.29) is 16.8 Å². The minimum absolute atomic E-state index is 0.0228. The van der Waals surface area contributed by atoms with Crippen LogP contribution in [0.15, 0.2) is 77.3 Å². The van der Waals surface area contributed by atoms with Gasteiger partial charge in [0.1, 0.15) is 17.3 Å². The lowest BCUT2D eigenvalue weighted by Crippen LogP contribution is -2.44. The summed E-state index contributed by atoms with van der Waals surface area (Å²) in [7, 11) is -4.13. The molecule has 146 valence electrons. The van der Waals surface area contributed by atoms with E-state index in [1.165, 1.54) is 30.3 Å². The zero-order valence-corrected chi connectivity index (χ0v) is 17.3. The number of carbonyl (C=O) groups is 2. The predicted octanol–water partition coefficient (Wildman–Crippen LogP) is 4.41. The lowest BCUT2D eigenvalue weighted by atomic mass is 10.1. The maximum Gasteiger partial charge on any atom is 0.272 e. The number of anilines is 1. The molecule has 1 aliphatic rings. The van der Waals surface area contributed by atoms with Gasteiger partial charge in [0.05, 0.1) is 10.2 Å². The van der Waals surface area contributed by atoms with E-state index >= 15 is 0 Å². The fraction of sp³-hybridized carbons (Fsp3) is 0.0476. The molecule has 3 aromatic carbocycles. The van der Waals surface area contributed by atoms with E-state index in [2.05, 4.69) is 15.9 Å². The van der Waals surface area contributed by atoms with Crippen LogP contribution < -0.4 is 9.04 Å². The standard InChI is InChI=1S/C21H14BrNO5S/c22-17-8-4-5-9-20(17)28-15-10-11-18-16(12-15)19(24)13-29(26,27)23(18)21(25)14-6-2-1-3-7-14/h1-12H,13H2. The van der Waals surface area contributed by atoms with Crippen molar-refractivity contribution in [2.45, 2.75) is 0 Å². The minimum Gasteiger partial charge on any atom is -0.456 e. The molecule has 0 saturated carbocycles. The molecular formula is C21H14BrNO5S. The molecule has 0 N–H and O–H groups in total. The Bertz CT molecular complexity index is 1220. The zero-order valence-electron chi connectivity index (χ0n) is 14.9. The molecule has 1 heterocycles. The zero-order chi connectivity index (χ0) is 20.6. The molecule has 8 heteroatoms. The molecule has 0 atom stereocenters. The molecule has 0 saturated heterocycles. The van der Waals surface area contributed by atoms with Gasteiger partial charge in [0, 0.05) is 11.1 Å². The Kier molecular flexibility index (Phi) is 4.97. The molecule has 0 radical (unpaired) electrons. The van der Waals surface area contributed by atoms with Gasteiger partial charge in [0.2, 0.25) is 10.0 Å². The second-order valence-electron chi connectivity index (χ2n) is 6.33. The molecule has 0 spiro atoms. The number of rotatable bonds is 3. The number of benzene rings is 3. The summed E-state index contributed by atoms with van der Waals surface area (Å²) in [5.41, 5.74) is 0.355. The van der Waals surface area contributed by atoms with Crippen molar-refractivity contribution in [1.29, 1.82) is 0 Å². The van der Waals surface area contributed by atoms with Crippen molar-refractivity contribution in [2.24, 2.45) is 0 Å². The number of para-hydroxylation sites is 1. The minimum atomic E-state index is -4.13. The van der Waals surface area contributed by atoms with E-state index in [0.29, 0.717) is 15.8 Å². The first kappa shape index (κ1) is 19.4. The lowest BCUT2D eigenvalue weighted by Gasteiger charge is -2.28. The van der Waals surface area contributed by atoms with Crippen molar-refractivity contribution in [3.8, 4) is 11.5 Å². The van der Waals surface area contributed by atoms with Gasteiger partial charge in [-0.05, 0) is 58.4 Å². The number of halogens is 1. The van der Waals surface area contributed by atoms with Crippen LogP contribution in [0.4, 0.5) is 5.69 Å². The monoisotopic (exact) mass is 471 g/mol. The summed E-state index contributed by atoms with van der Waals surface area (Å²) >= 11 is 3.39. The molecule has 0 aromatic heterocycles. The number of amides is 1. The van der Waals surface area contributed by atoms with E-state index in [4.69, 9.17) is 4.74 Å². The summed E-state index contributed by atoms with van der Waals surface area (Å²) in [6, 6.07) is 19.7. The van der Waals surface area contributed by atoms with Crippen LogP contribution in [0.3, 0.4) is 0 Å². The molecule has 4 rings (SSSR count). The number of ketones is 1. The first-order chi connectivity index (χ1) is 13.9. The molecule has 1 aliphatic heterocycles. The summed E-state index contributed by atoms with van der Waals surface area (Å²) < 4.78 is 32.5. The van der Waals surface area contributed by atoms with Gasteiger partial charge in [-0.3, -0.25) is 9.59 Å². The Balaban J connectivity index is 1.77. The Labute approximate surface area is 175 Å². The van der Waals surface area contributed by atoms with Gasteiger partial charge in [-0.25, -0.2) is 12.7 Å². The highest BCUT2D eigenvalue weighted by molar-refractivity contribution is 9.10. The van der Waals surface area contributed by atoms with Crippen molar-refractivity contribution >= 4 is 43.3 Å². The molecule has 1 amide bonds. The van der Waals surface area contributed by atoms with Crippen LogP contribution in [0.2, 0.25) is 0 Å². The Morgan fingerprint density at radius 2 is 1.66 bits per heavy atom.